The number of nitrogens with zero attached hydrogens (tertiary/aromatic N) is 1. The van der Waals surface area contributed by atoms with Gasteiger partial charge in [0.1, 0.15) is 0 Å². The number of hydrogen-bond acceptors (Lipinski definition) is 4. The van der Waals surface area contributed by atoms with E-state index in [1.165, 1.54) is 29.8 Å². The molecule has 27 heavy (non-hydrogen) atoms. The molecule has 3 rings (SSSR count). The van der Waals surface area contributed by atoms with Crippen molar-refractivity contribution >= 4 is 38.9 Å². The summed E-state index contributed by atoms with van der Waals surface area (Å²) in [6.45, 7) is 2.01. The van der Waals surface area contributed by atoms with Gasteiger partial charge in [0.05, 0.1) is 10.6 Å². The quantitative estimate of drug-likeness (QED) is 0.740. The topological polar surface area (TPSA) is 87.6 Å². The lowest BCUT2D eigenvalue weighted by atomic mass is 10.2. The Labute approximate surface area is 163 Å². The van der Waals surface area contributed by atoms with Crippen LogP contribution < -0.4 is 10.1 Å². The van der Waals surface area contributed by atoms with E-state index < -0.39 is 15.9 Å². The Morgan fingerprint density at radius 2 is 1.85 bits per heavy atom. The van der Waals surface area contributed by atoms with Gasteiger partial charge in [-0.1, -0.05) is 23.2 Å². The van der Waals surface area contributed by atoms with Gasteiger partial charge in [0.15, 0.2) is 0 Å². The number of hydrazone groups is 1. The van der Waals surface area contributed by atoms with Gasteiger partial charge >= 0.3 is 0 Å². The van der Waals surface area contributed by atoms with Gasteiger partial charge in [-0.3, -0.25) is 9.52 Å². The summed E-state index contributed by atoms with van der Waals surface area (Å²) in [5, 5.41) is 4.59. The largest absolute Gasteiger partial charge is 0.280 e. The molecule has 0 heterocycles. The Kier molecular flexibility index (Phi) is 5.62. The zero-order valence-corrected chi connectivity index (χ0v) is 16.1. The summed E-state index contributed by atoms with van der Waals surface area (Å²) in [7, 11) is -3.84. The monoisotopic (exact) mass is 403 g/mol. The summed E-state index contributed by atoms with van der Waals surface area (Å²) in [4.78, 5) is 12.3. The lowest BCUT2D eigenvalue weighted by molar-refractivity contribution is 0.0954. The van der Waals surface area contributed by atoms with Crippen LogP contribution in [-0.4, -0.2) is 20.0 Å². The number of carbonyl (C=O) groups is 1. The molecule has 0 spiro atoms. The van der Waals surface area contributed by atoms with Gasteiger partial charge in [-0.25, -0.2) is 13.8 Å². The van der Waals surface area contributed by atoms with Gasteiger partial charge in [0.25, 0.3) is 15.9 Å². The van der Waals surface area contributed by atoms with Crippen LogP contribution in [-0.2, 0) is 10.0 Å². The van der Waals surface area contributed by atoms with E-state index in [9.17, 15) is 13.2 Å². The summed E-state index contributed by atoms with van der Waals surface area (Å²) < 4.78 is 27.6. The van der Waals surface area contributed by atoms with E-state index in [4.69, 9.17) is 11.6 Å². The summed E-state index contributed by atoms with van der Waals surface area (Å²) in [6, 6.07) is 12.1. The first-order valence-corrected chi connectivity index (χ1v) is 10.1. The highest BCUT2D eigenvalue weighted by Crippen LogP contribution is 2.19. The summed E-state index contributed by atoms with van der Waals surface area (Å²) in [5.74, 6) is -0.469. The first-order chi connectivity index (χ1) is 12.8. The molecular formula is C19H18ClN3O3S. The van der Waals surface area contributed by atoms with Crippen molar-refractivity contribution < 1.29 is 13.2 Å². The summed E-state index contributed by atoms with van der Waals surface area (Å²) in [6.07, 6.45) is 3.64. The van der Waals surface area contributed by atoms with E-state index >= 15 is 0 Å². The van der Waals surface area contributed by atoms with Gasteiger partial charge < -0.3 is 0 Å². The van der Waals surface area contributed by atoms with Gasteiger partial charge in [0, 0.05) is 16.3 Å². The first-order valence-electron chi connectivity index (χ1n) is 8.26. The van der Waals surface area contributed by atoms with Crippen molar-refractivity contribution in [2.45, 2.75) is 24.7 Å². The number of halogens is 1. The molecule has 2 N–H and O–H groups in total. The van der Waals surface area contributed by atoms with E-state index in [2.05, 4.69) is 15.2 Å². The van der Waals surface area contributed by atoms with Crippen LogP contribution in [0, 0.1) is 0 Å². The highest BCUT2D eigenvalue weighted by molar-refractivity contribution is 7.92. The number of anilines is 1. The molecule has 6 nitrogen and oxygen atoms in total. The molecule has 1 aliphatic rings. The highest BCUT2D eigenvalue weighted by Gasteiger charge is 2.17. The molecular weight excluding hydrogens is 386 g/mol. The predicted octanol–water partition coefficient (Wildman–Crippen LogP) is 3.97. The Bertz CT molecular complexity index is 1030. The molecule has 0 atom stereocenters. The molecule has 0 saturated carbocycles. The second-order valence-electron chi connectivity index (χ2n) is 6.17. The standard InChI is InChI=1S/C19H18ClN3O3S/c1-13-5-8-17(11-13)21-22-19(24)14-3-2-4-18(12-14)27(25,26)23-16-9-6-15(20)7-10-16/h2-4,6-7,9-12,23H,5,8H2,1H3,(H,22,24)/b21-17+. The molecule has 0 aromatic heterocycles. The number of benzene rings is 2. The molecule has 0 aliphatic heterocycles. The van der Waals surface area contributed by atoms with E-state index in [0.717, 1.165) is 18.6 Å². The van der Waals surface area contributed by atoms with Crippen LogP contribution in [0.25, 0.3) is 0 Å². The summed E-state index contributed by atoms with van der Waals surface area (Å²) >= 11 is 5.80. The highest BCUT2D eigenvalue weighted by atomic mass is 35.5. The first kappa shape index (κ1) is 19.1. The molecule has 1 amide bonds. The van der Waals surface area contributed by atoms with E-state index in [-0.39, 0.29) is 10.5 Å². The second kappa shape index (κ2) is 7.94. The molecule has 0 unspecified atom stereocenters. The third-order valence-corrected chi connectivity index (χ3v) is 5.62. The van der Waals surface area contributed by atoms with Gasteiger partial charge in [-0.05, 0) is 68.3 Å². The molecule has 0 bridgehead atoms. The van der Waals surface area contributed by atoms with Gasteiger partial charge in [-0.15, -0.1) is 0 Å². The number of sulfonamides is 1. The van der Waals surface area contributed by atoms with E-state index in [1.807, 2.05) is 13.0 Å². The van der Waals surface area contributed by atoms with Crippen molar-refractivity contribution in [2.24, 2.45) is 5.10 Å². The third-order valence-electron chi connectivity index (χ3n) is 3.99. The summed E-state index contributed by atoms with van der Waals surface area (Å²) in [5.41, 5.74) is 5.07. The lowest BCUT2D eigenvalue weighted by Crippen LogP contribution is -2.20. The van der Waals surface area contributed by atoms with Crippen LogP contribution in [0.15, 0.2) is 70.2 Å². The number of carbonyl (C=O) groups excluding carboxylic acids is 1. The van der Waals surface area contributed by atoms with E-state index in [0.29, 0.717) is 10.7 Å². The minimum Gasteiger partial charge on any atom is -0.280 e. The number of allylic oxidation sites excluding steroid dienone is 2. The molecule has 140 valence electrons. The zero-order chi connectivity index (χ0) is 19.4. The molecule has 1 aliphatic carbocycles. The van der Waals surface area contributed by atoms with Crippen LogP contribution in [0.2, 0.25) is 5.02 Å². The van der Waals surface area contributed by atoms with Crippen molar-refractivity contribution in [3.8, 4) is 0 Å². The van der Waals surface area contributed by atoms with Crippen LogP contribution in [0.5, 0.6) is 0 Å². The SMILES string of the molecule is CC1=C/C(=N/NC(=O)c2cccc(S(=O)(=O)Nc3ccc(Cl)cc3)c2)CC1. The number of amides is 1. The van der Waals surface area contributed by atoms with Crippen molar-refractivity contribution in [1.29, 1.82) is 0 Å². The lowest BCUT2D eigenvalue weighted by Gasteiger charge is -2.09. The van der Waals surface area contributed by atoms with Gasteiger partial charge in [-0.2, -0.15) is 5.10 Å². The fourth-order valence-corrected chi connectivity index (χ4v) is 3.80. The molecule has 0 saturated heterocycles. The van der Waals surface area contributed by atoms with Crippen molar-refractivity contribution in [3.05, 3.63) is 70.8 Å². The minimum atomic E-state index is -3.84. The van der Waals surface area contributed by atoms with Crippen LogP contribution in [0.4, 0.5) is 5.69 Å². The number of hydrogen-bond donors (Lipinski definition) is 2. The third kappa shape index (κ3) is 4.96. The molecule has 2 aromatic rings. The average molecular weight is 404 g/mol. The maximum atomic E-state index is 12.6. The Morgan fingerprint density at radius 1 is 1.11 bits per heavy atom. The van der Waals surface area contributed by atoms with Crippen LogP contribution in [0.1, 0.15) is 30.1 Å². The minimum absolute atomic E-state index is 0.0191. The molecule has 0 radical (unpaired) electrons. The number of rotatable bonds is 5. The van der Waals surface area contributed by atoms with Crippen molar-refractivity contribution in [1.82, 2.24) is 5.43 Å². The normalized spacial score (nSPS) is 15.5. The van der Waals surface area contributed by atoms with Gasteiger partial charge in [0.2, 0.25) is 0 Å². The predicted molar refractivity (Wildman–Crippen MR) is 107 cm³/mol. The molecule has 0 fully saturated rings. The Morgan fingerprint density at radius 3 is 2.52 bits per heavy atom. The molecule has 8 heteroatoms. The average Bonchev–Trinajstić information content (AvgIpc) is 3.07. The van der Waals surface area contributed by atoms with Crippen LogP contribution >= 0.6 is 11.6 Å². The maximum absolute atomic E-state index is 12.6. The second-order valence-corrected chi connectivity index (χ2v) is 8.29. The molecule has 2 aromatic carbocycles. The van der Waals surface area contributed by atoms with Crippen LogP contribution in [0.3, 0.4) is 0 Å². The fourth-order valence-electron chi connectivity index (χ4n) is 2.57. The number of nitrogens with one attached hydrogen (secondary N) is 2. The van der Waals surface area contributed by atoms with Crippen molar-refractivity contribution in [3.63, 3.8) is 0 Å². The Hall–Kier alpha value is -2.64. The smallest absolute Gasteiger partial charge is 0.271 e. The van der Waals surface area contributed by atoms with E-state index in [1.54, 1.807) is 24.3 Å². The fraction of sp³-hybridized carbons (Fsp3) is 0.158. The maximum Gasteiger partial charge on any atom is 0.271 e. The zero-order valence-electron chi connectivity index (χ0n) is 14.6. The van der Waals surface area contributed by atoms with Crippen molar-refractivity contribution in [2.75, 3.05) is 4.72 Å². The Balaban J connectivity index is 1.76.